The zero-order chi connectivity index (χ0) is 48.1. The van der Waals surface area contributed by atoms with Crippen LogP contribution < -0.4 is 5.32 Å². The van der Waals surface area contributed by atoms with E-state index in [4.69, 9.17) is 52.1 Å². The fourth-order valence-corrected chi connectivity index (χ4v) is 7.80. The van der Waals surface area contributed by atoms with E-state index in [0.717, 1.165) is 12.8 Å². The van der Waals surface area contributed by atoms with Crippen LogP contribution in [0.15, 0.2) is 48.5 Å². The Bertz CT molecular complexity index is 1440. The molecule has 14 nitrogen and oxygen atoms in total. The minimum atomic E-state index is -0.416. The van der Waals surface area contributed by atoms with Crippen molar-refractivity contribution in [3.05, 3.63) is 59.7 Å². The monoisotopic (exact) mass is 960 g/mol. The van der Waals surface area contributed by atoms with Gasteiger partial charge in [-0.15, -0.1) is 0 Å². The van der Waals surface area contributed by atoms with Crippen LogP contribution in [0.5, 0.6) is 0 Å². The average Bonchev–Trinajstić information content (AvgIpc) is 3.68. The summed E-state index contributed by atoms with van der Waals surface area (Å²) in [5.74, 6) is -0.0878. The largest absolute Gasteiger partial charge is 0.463 e. The highest BCUT2D eigenvalue weighted by Gasteiger charge is 2.29. The SMILES string of the molecule is CCCCCCCCCCCCCCCCCC(=O)OCCOCCOCCOCCOCCOCCOCCOCCOCCOCCCNC(=O)OCC1c2ccccc2-c2ccccc21. The normalized spacial score (nSPS) is 12.1. The van der Waals surface area contributed by atoms with E-state index in [0.29, 0.717) is 145 Å². The molecule has 0 bridgehead atoms. The Hall–Kier alpha value is -3.18. The lowest BCUT2D eigenvalue weighted by molar-refractivity contribution is -0.145. The van der Waals surface area contributed by atoms with E-state index in [1.165, 1.54) is 106 Å². The molecule has 0 heterocycles. The smallest absolute Gasteiger partial charge is 0.407 e. The van der Waals surface area contributed by atoms with Crippen molar-refractivity contribution in [1.82, 2.24) is 5.32 Å². The second-order valence-corrected chi connectivity index (χ2v) is 17.0. The number of hydrogen-bond donors (Lipinski definition) is 1. The topological polar surface area (TPSA) is 148 Å². The summed E-state index contributed by atoms with van der Waals surface area (Å²) >= 11 is 0. The molecule has 0 unspecified atom stereocenters. The van der Waals surface area contributed by atoms with Gasteiger partial charge in [-0.05, 0) is 35.1 Å². The number of unbranched alkanes of at least 4 members (excludes halogenated alkanes) is 14. The van der Waals surface area contributed by atoms with Gasteiger partial charge in [-0.1, -0.05) is 145 Å². The molecule has 1 aliphatic carbocycles. The van der Waals surface area contributed by atoms with Gasteiger partial charge in [0.1, 0.15) is 13.2 Å². The van der Waals surface area contributed by atoms with Gasteiger partial charge < -0.3 is 57.4 Å². The van der Waals surface area contributed by atoms with E-state index in [-0.39, 0.29) is 18.5 Å². The molecule has 0 aliphatic heterocycles. The Morgan fingerprint density at radius 1 is 0.397 bits per heavy atom. The van der Waals surface area contributed by atoms with Gasteiger partial charge in [-0.3, -0.25) is 4.79 Å². The molecule has 388 valence electrons. The van der Waals surface area contributed by atoms with Crippen molar-refractivity contribution in [1.29, 1.82) is 0 Å². The number of rotatable bonds is 49. The molecule has 1 aliphatic rings. The minimum Gasteiger partial charge on any atom is -0.463 e. The van der Waals surface area contributed by atoms with Crippen LogP contribution in [0.25, 0.3) is 11.1 Å². The zero-order valence-corrected chi connectivity index (χ0v) is 41.9. The molecule has 0 fully saturated rings. The summed E-state index contributed by atoms with van der Waals surface area (Å²) in [6, 6.07) is 16.6. The van der Waals surface area contributed by atoms with Crippen LogP contribution in [0.3, 0.4) is 0 Å². The standard InChI is InChI=1S/C54H89NO13/c1-2-3-4-5-6-7-8-9-10-11-12-13-14-15-16-26-53(56)67-46-45-66-44-43-65-42-41-64-40-39-63-38-37-62-36-35-61-34-33-60-32-31-59-30-29-58-28-21-27-55-54(57)68-47-52-50-24-19-17-22-48(50)49-23-18-20-25-51(49)52/h17-20,22-25,52H,2-16,21,26-47H2,1H3,(H,55,57). The van der Waals surface area contributed by atoms with Crippen molar-refractivity contribution in [3.63, 3.8) is 0 Å². The van der Waals surface area contributed by atoms with E-state index in [9.17, 15) is 9.59 Å². The molecule has 2 aromatic rings. The number of esters is 1. The maximum absolute atomic E-state index is 12.3. The second-order valence-electron chi connectivity index (χ2n) is 17.0. The Morgan fingerprint density at radius 2 is 0.735 bits per heavy atom. The molecule has 2 aromatic carbocycles. The van der Waals surface area contributed by atoms with Gasteiger partial charge in [0.15, 0.2) is 0 Å². The predicted molar refractivity (Wildman–Crippen MR) is 266 cm³/mol. The lowest BCUT2D eigenvalue weighted by Crippen LogP contribution is -2.27. The number of benzene rings is 2. The third-order valence-corrected chi connectivity index (χ3v) is 11.5. The van der Waals surface area contributed by atoms with E-state index < -0.39 is 6.09 Å². The van der Waals surface area contributed by atoms with Gasteiger partial charge in [-0.2, -0.15) is 0 Å². The molecule has 68 heavy (non-hydrogen) atoms. The number of carbonyl (C=O) groups excluding carboxylic acids is 2. The van der Waals surface area contributed by atoms with Gasteiger partial charge in [0, 0.05) is 25.5 Å². The Kier molecular flexibility index (Phi) is 38.1. The number of nitrogens with one attached hydrogen (secondary N) is 1. The fourth-order valence-electron chi connectivity index (χ4n) is 7.80. The molecular formula is C54H89NO13. The van der Waals surface area contributed by atoms with E-state index in [1.54, 1.807) is 0 Å². The van der Waals surface area contributed by atoms with Crippen LogP contribution in [0.1, 0.15) is 133 Å². The van der Waals surface area contributed by atoms with Gasteiger partial charge in [-0.25, -0.2) is 4.79 Å². The molecule has 3 rings (SSSR count). The van der Waals surface area contributed by atoms with Crippen molar-refractivity contribution >= 4 is 12.1 Å². The van der Waals surface area contributed by atoms with Crippen LogP contribution in [0.2, 0.25) is 0 Å². The van der Waals surface area contributed by atoms with Crippen LogP contribution in [0, 0.1) is 0 Å². The maximum Gasteiger partial charge on any atom is 0.407 e. The minimum absolute atomic E-state index is 0.0465. The summed E-state index contributed by atoms with van der Waals surface area (Å²) < 4.78 is 60.7. The number of carbonyl (C=O) groups is 2. The Balaban J connectivity index is 0.908. The van der Waals surface area contributed by atoms with Crippen LogP contribution in [-0.2, 0) is 56.9 Å². The summed E-state index contributed by atoms with van der Waals surface area (Å²) in [5.41, 5.74) is 4.80. The number of hydrogen-bond acceptors (Lipinski definition) is 13. The first-order valence-electron chi connectivity index (χ1n) is 26.1. The number of alkyl carbamates (subject to hydrolysis) is 1. The molecule has 0 saturated heterocycles. The Morgan fingerprint density at radius 3 is 1.13 bits per heavy atom. The third-order valence-electron chi connectivity index (χ3n) is 11.5. The molecule has 0 saturated carbocycles. The first kappa shape index (κ1) is 59.1. The van der Waals surface area contributed by atoms with Crippen molar-refractivity contribution in [2.75, 3.05) is 139 Å². The van der Waals surface area contributed by atoms with Crippen molar-refractivity contribution in [2.45, 2.75) is 122 Å². The molecule has 0 aromatic heterocycles. The molecular weight excluding hydrogens is 871 g/mol. The second kappa shape index (κ2) is 43.8. The van der Waals surface area contributed by atoms with Gasteiger partial charge in [0.25, 0.3) is 0 Å². The summed E-state index contributed by atoms with van der Waals surface area (Å²) in [7, 11) is 0. The Labute approximate surface area is 409 Å². The third kappa shape index (κ3) is 31.1. The lowest BCUT2D eigenvalue weighted by atomic mass is 9.98. The molecule has 14 heteroatoms. The van der Waals surface area contributed by atoms with Crippen molar-refractivity contribution in [2.24, 2.45) is 0 Å². The van der Waals surface area contributed by atoms with Gasteiger partial charge in [0.05, 0.1) is 112 Å². The highest BCUT2D eigenvalue weighted by atomic mass is 16.6. The fraction of sp³-hybridized carbons (Fsp3) is 0.741. The number of fused-ring (bicyclic) bond motifs is 3. The maximum atomic E-state index is 12.3. The molecule has 1 N–H and O–H groups in total. The summed E-state index contributed by atoms with van der Waals surface area (Å²) in [5, 5.41) is 2.81. The van der Waals surface area contributed by atoms with E-state index >= 15 is 0 Å². The van der Waals surface area contributed by atoms with Crippen molar-refractivity contribution in [3.8, 4) is 11.1 Å². The van der Waals surface area contributed by atoms with Gasteiger partial charge >= 0.3 is 12.1 Å². The first-order chi connectivity index (χ1) is 33.7. The first-order valence-corrected chi connectivity index (χ1v) is 26.1. The summed E-state index contributed by atoms with van der Waals surface area (Å²) in [6.07, 6.45) is 20.4. The molecule has 0 radical (unpaired) electrons. The van der Waals surface area contributed by atoms with E-state index in [2.05, 4.69) is 36.5 Å². The van der Waals surface area contributed by atoms with Gasteiger partial charge in [0.2, 0.25) is 0 Å². The number of ether oxygens (including phenoxy) is 11. The average molecular weight is 960 g/mol. The highest BCUT2D eigenvalue weighted by molar-refractivity contribution is 5.79. The van der Waals surface area contributed by atoms with E-state index in [1.807, 2.05) is 24.3 Å². The van der Waals surface area contributed by atoms with Crippen LogP contribution in [-0.4, -0.2) is 151 Å². The molecule has 0 atom stereocenters. The predicted octanol–water partition coefficient (Wildman–Crippen LogP) is 9.87. The van der Waals surface area contributed by atoms with Crippen molar-refractivity contribution < 1.29 is 61.7 Å². The lowest BCUT2D eigenvalue weighted by Gasteiger charge is -2.14. The van der Waals surface area contributed by atoms with Crippen LogP contribution >= 0.6 is 0 Å². The quantitative estimate of drug-likeness (QED) is 0.0496. The molecule has 0 spiro atoms. The number of amides is 1. The summed E-state index contributed by atoms with van der Waals surface area (Å²) in [6.45, 7) is 11.9. The highest BCUT2D eigenvalue weighted by Crippen LogP contribution is 2.44. The summed E-state index contributed by atoms with van der Waals surface area (Å²) in [4.78, 5) is 24.2. The molecule has 1 amide bonds. The zero-order valence-electron chi connectivity index (χ0n) is 41.9. The van der Waals surface area contributed by atoms with Crippen LogP contribution in [0.4, 0.5) is 4.79 Å².